The molecule has 1 atom stereocenters. The maximum atomic E-state index is 13.1. The Labute approximate surface area is 157 Å². The number of nitro benzene ring substituents is 1. The number of allylic oxidation sites excluding steroid dienone is 1. The summed E-state index contributed by atoms with van der Waals surface area (Å²) in [5.74, 6) is 0.0746. The maximum absolute atomic E-state index is 13.1. The van der Waals surface area contributed by atoms with Gasteiger partial charge in [-0.25, -0.2) is 0 Å². The maximum Gasteiger partial charge on any atom is 0.269 e. The molecule has 2 aromatic carbocycles. The number of Topliss-reactive ketones (excluding diaryl/α,β-unsaturated/α-hetero) is 1. The van der Waals surface area contributed by atoms with E-state index in [2.05, 4.69) is 24.5 Å². The number of fused-ring (bicyclic) bond motifs is 1. The number of benzene rings is 2. The van der Waals surface area contributed by atoms with E-state index in [0.29, 0.717) is 17.6 Å². The number of hydrogen-bond acceptors (Lipinski definition) is 5. The van der Waals surface area contributed by atoms with Gasteiger partial charge in [0.15, 0.2) is 5.78 Å². The average molecular weight is 363 g/mol. The SMILES string of the molecule is CC1(C)CC(=O)C2=C(C1)Nc1ccccc1NC2c1cccc([N+](=O)[O-])c1. The average Bonchev–Trinajstić information content (AvgIpc) is 2.77. The van der Waals surface area contributed by atoms with E-state index in [9.17, 15) is 14.9 Å². The van der Waals surface area contributed by atoms with E-state index in [4.69, 9.17) is 0 Å². The molecule has 1 aliphatic heterocycles. The first-order valence-electron chi connectivity index (χ1n) is 8.97. The molecule has 4 rings (SSSR count). The summed E-state index contributed by atoms with van der Waals surface area (Å²) in [6, 6.07) is 13.9. The van der Waals surface area contributed by atoms with Crippen molar-refractivity contribution in [3.63, 3.8) is 0 Å². The van der Waals surface area contributed by atoms with Crippen LogP contribution in [0.2, 0.25) is 0 Å². The fourth-order valence-electron chi connectivity index (χ4n) is 3.96. The highest BCUT2D eigenvalue weighted by Crippen LogP contribution is 2.45. The number of ketones is 1. The lowest BCUT2D eigenvalue weighted by atomic mass is 9.73. The largest absolute Gasteiger partial charge is 0.372 e. The molecule has 0 spiro atoms. The molecule has 0 aromatic heterocycles. The first-order valence-corrected chi connectivity index (χ1v) is 8.97. The van der Waals surface area contributed by atoms with Crippen molar-refractivity contribution in [1.82, 2.24) is 0 Å². The van der Waals surface area contributed by atoms with Gasteiger partial charge in [-0.2, -0.15) is 0 Å². The van der Waals surface area contributed by atoms with Gasteiger partial charge in [0.25, 0.3) is 5.69 Å². The molecule has 6 nitrogen and oxygen atoms in total. The molecule has 27 heavy (non-hydrogen) atoms. The number of carbonyl (C=O) groups excluding carboxylic acids is 1. The van der Waals surface area contributed by atoms with E-state index in [0.717, 1.165) is 23.5 Å². The molecule has 6 heteroatoms. The van der Waals surface area contributed by atoms with Gasteiger partial charge in [-0.05, 0) is 29.5 Å². The second kappa shape index (κ2) is 6.23. The van der Waals surface area contributed by atoms with Crippen molar-refractivity contribution < 1.29 is 9.72 Å². The number of carbonyl (C=O) groups is 1. The fraction of sp³-hybridized carbons (Fsp3) is 0.286. The van der Waals surface area contributed by atoms with Crippen molar-refractivity contribution in [2.24, 2.45) is 5.41 Å². The lowest BCUT2D eigenvalue weighted by Gasteiger charge is -2.34. The molecule has 1 aliphatic carbocycles. The molecule has 0 fully saturated rings. The number of nitrogens with zero attached hydrogens (tertiary/aromatic N) is 1. The van der Waals surface area contributed by atoms with Crippen LogP contribution >= 0.6 is 0 Å². The van der Waals surface area contributed by atoms with E-state index >= 15 is 0 Å². The van der Waals surface area contributed by atoms with Crippen LogP contribution < -0.4 is 10.6 Å². The standard InChI is InChI=1S/C21H21N3O3/c1-21(2)11-17-19(18(25)12-21)20(13-6-5-7-14(10-13)24(26)27)23-16-9-4-3-8-15(16)22-17/h3-10,20,22-23H,11-12H2,1-2H3. The topological polar surface area (TPSA) is 84.3 Å². The predicted molar refractivity (Wildman–Crippen MR) is 105 cm³/mol. The van der Waals surface area contributed by atoms with Crippen molar-refractivity contribution in [1.29, 1.82) is 0 Å². The molecule has 2 aromatic rings. The smallest absolute Gasteiger partial charge is 0.269 e. The molecule has 0 radical (unpaired) electrons. The zero-order valence-corrected chi connectivity index (χ0v) is 15.3. The van der Waals surface area contributed by atoms with Gasteiger partial charge >= 0.3 is 0 Å². The summed E-state index contributed by atoms with van der Waals surface area (Å²) in [6.07, 6.45) is 1.20. The normalized spacial score (nSPS) is 20.7. The van der Waals surface area contributed by atoms with Gasteiger partial charge in [0, 0.05) is 29.8 Å². The van der Waals surface area contributed by atoms with E-state index in [1.54, 1.807) is 12.1 Å². The van der Waals surface area contributed by atoms with Crippen molar-refractivity contribution >= 4 is 22.8 Å². The molecule has 1 heterocycles. The third-order valence-corrected chi connectivity index (χ3v) is 5.14. The summed E-state index contributed by atoms with van der Waals surface area (Å²) in [7, 11) is 0. The number of nitrogens with one attached hydrogen (secondary N) is 2. The van der Waals surface area contributed by atoms with Gasteiger partial charge in [-0.15, -0.1) is 0 Å². The molecule has 1 unspecified atom stereocenters. The highest BCUT2D eigenvalue weighted by atomic mass is 16.6. The minimum atomic E-state index is -0.431. The number of nitro groups is 1. The number of hydrogen-bond donors (Lipinski definition) is 2. The minimum absolute atomic E-state index is 0.0190. The highest BCUT2D eigenvalue weighted by molar-refractivity contribution is 6.01. The summed E-state index contributed by atoms with van der Waals surface area (Å²) in [5.41, 5.74) is 3.94. The second-order valence-corrected chi connectivity index (χ2v) is 7.93. The Morgan fingerprint density at radius 2 is 1.81 bits per heavy atom. The van der Waals surface area contributed by atoms with Crippen molar-refractivity contribution in [3.05, 3.63) is 75.5 Å². The lowest BCUT2D eigenvalue weighted by Crippen LogP contribution is -2.31. The Hall–Kier alpha value is -3.15. The zero-order valence-electron chi connectivity index (χ0n) is 15.3. The Bertz CT molecular complexity index is 978. The summed E-state index contributed by atoms with van der Waals surface area (Å²) in [4.78, 5) is 23.9. The molecule has 2 aliphatic rings. The summed E-state index contributed by atoms with van der Waals surface area (Å²) in [6.45, 7) is 4.17. The fourth-order valence-corrected chi connectivity index (χ4v) is 3.96. The van der Waals surface area contributed by atoms with Crippen molar-refractivity contribution in [3.8, 4) is 0 Å². The van der Waals surface area contributed by atoms with Crippen LogP contribution in [-0.4, -0.2) is 10.7 Å². The van der Waals surface area contributed by atoms with Gasteiger partial charge in [0.1, 0.15) is 0 Å². The Balaban J connectivity index is 1.89. The Morgan fingerprint density at radius 3 is 2.56 bits per heavy atom. The van der Waals surface area contributed by atoms with Gasteiger partial charge < -0.3 is 10.6 Å². The zero-order chi connectivity index (χ0) is 19.2. The third-order valence-electron chi connectivity index (χ3n) is 5.14. The summed E-state index contributed by atoms with van der Waals surface area (Å²) >= 11 is 0. The number of rotatable bonds is 2. The molecular formula is C21H21N3O3. The number of para-hydroxylation sites is 2. The van der Waals surface area contributed by atoms with Gasteiger partial charge in [0.2, 0.25) is 0 Å². The quantitative estimate of drug-likeness (QED) is 0.590. The third kappa shape index (κ3) is 3.18. The Morgan fingerprint density at radius 1 is 1.07 bits per heavy atom. The van der Waals surface area contributed by atoms with Gasteiger partial charge in [-0.1, -0.05) is 38.1 Å². The molecule has 138 valence electrons. The summed E-state index contributed by atoms with van der Waals surface area (Å²) in [5, 5.41) is 18.1. The minimum Gasteiger partial charge on any atom is -0.372 e. The second-order valence-electron chi connectivity index (χ2n) is 7.93. The van der Waals surface area contributed by atoms with Gasteiger partial charge in [-0.3, -0.25) is 14.9 Å². The number of anilines is 2. The monoisotopic (exact) mass is 363 g/mol. The van der Waals surface area contributed by atoms with Crippen molar-refractivity contribution in [2.75, 3.05) is 10.6 Å². The molecule has 0 saturated heterocycles. The van der Waals surface area contributed by atoms with Crippen LogP contribution in [0.5, 0.6) is 0 Å². The predicted octanol–water partition coefficient (Wildman–Crippen LogP) is 4.82. The molecule has 0 saturated carbocycles. The van der Waals surface area contributed by atoms with Crippen LogP contribution in [-0.2, 0) is 4.79 Å². The van der Waals surface area contributed by atoms with Crippen LogP contribution in [0, 0.1) is 15.5 Å². The first-order chi connectivity index (χ1) is 12.8. The van der Waals surface area contributed by atoms with E-state index in [1.165, 1.54) is 6.07 Å². The van der Waals surface area contributed by atoms with Gasteiger partial charge in [0.05, 0.1) is 22.3 Å². The van der Waals surface area contributed by atoms with Crippen LogP contribution in [0.4, 0.5) is 17.1 Å². The van der Waals surface area contributed by atoms with Crippen LogP contribution in [0.3, 0.4) is 0 Å². The first kappa shape index (κ1) is 17.3. The van der Waals surface area contributed by atoms with Crippen LogP contribution in [0.15, 0.2) is 59.8 Å². The number of non-ortho nitro benzene ring substituents is 1. The highest BCUT2D eigenvalue weighted by Gasteiger charge is 2.38. The summed E-state index contributed by atoms with van der Waals surface area (Å²) < 4.78 is 0. The lowest BCUT2D eigenvalue weighted by molar-refractivity contribution is -0.384. The molecule has 0 bridgehead atoms. The van der Waals surface area contributed by atoms with E-state index in [1.807, 2.05) is 30.3 Å². The van der Waals surface area contributed by atoms with Crippen LogP contribution in [0.25, 0.3) is 0 Å². The molecule has 0 amide bonds. The molecular weight excluding hydrogens is 342 g/mol. The molecule has 2 N–H and O–H groups in total. The van der Waals surface area contributed by atoms with E-state index < -0.39 is 11.0 Å². The van der Waals surface area contributed by atoms with Crippen LogP contribution in [0.1, 0.15) is 38.3 Å². The van der Waals surface area contributed by atoms with Crippen molar-refractivity contribution in [2.45, 2.75) is 32.7 Å². The Kier molecular flexibility index (Phi) is 3.98. The van der Waals surface area contributed by atoms with E-state index in [-0.39, 0.29) is 16.9 Å².